The van der Waals surface area contributed by atoms with Gasteiger partial charge in [0.15, 0.2) is 0 Å². The number of carbonyl (C=O) groups is 2. The Morgan fingerprint density at radius 3 is 2.25 bits per heavy atom. The zero-order chi connectivity index (χ0) is 28.9. The standard InChI is InChI=1S/C29H30Cl2FN3O4S/c1-20(29(37)33-23-7-5-6-8-23)34(18-21-11-13-22(32)14-12-21)28(36)19-35(24-15-16-26(30)27(31)17-24)40(38,39)25-9-3-2-4-10-25/h2-4,9-17,20,23H,5-8,18-19H2,1H3,(H,33,37). The first kappa shape index (κ1) is 29.8. The van der Waals surface area contributed by atoms with Gasteiger partial charge in [0.05, 0.1) is 20.6 Å². The van der Waals surface area contributed by atoms with Crippen molar-refractivity contribution in [3.63, 3.8) is 0 Å². The van der Waals surface area contributed by atoms with Gasteiger partial charge in [-0.3, -0.25) is 13.9 Å². The van der Waals surface area contributed by atoms with Gasteiger partial charge in [-0.15, -0.1) is 0 Å². The smallest absolute Gasteiger partial charge is 0.264 e. The Bertz CT molecular complexity index is 1450. The summed E-state index contributed by atoms with van der Waals surface area (Å²) in [5.41, 5.74) is 0.721. The van der Waals surface area contributed by atoms with E-state index in [4.69, 9.17) is 23.2 Å². The molecule has 0 saturated heterocycles. The Morgan fingerprint density at radius 1 is 0.975 bits per heavy atom. The SMILES string of the molecule is CC(C(=O)NC1CCCC1)N(Cc1ccc(F)cc1)C(=O)CN(c1ccc(Cl)c(Cl)c1)S(=O)(=O)c1ccccc1. The van der Waals surface area contributed by atoms with Crippen LogP contribution < -0.4 is 9.62 Å². The van der Waals surface area contributed by atoms with Crippen LogP contribution >= 0.6 is 23.2 Å². The highest BCUT2D eigenvalue weighted by Crippen LogP contribution is 2.31. The predicted octanol–water partition coefficient (Wildman–Crippen LogP) is 5.80. The molecule has 1 saturated carbocycles. The number of anilines is 1. The van der Waals surface area contributed by atoms with Crippen LogP contribution in [-0.4, -0.2) is 43.8 Å². The minimum atomic E-state index is -4.22. The zero-order valence-electron chi connectivity index (χ0n) is 21.9. The van der Waals surface area contributed by atoms with Gasteiger partial charge in [-0.25, -0.2) is 12.8 Å². The van der Waals surface area contributed by atoms with Gasteiger partial charge in [0.25, 0.3) is 10.0 Å². The van der Waals surface area contributed by atoms with Crippen LogP contribution in [0.25, 0.3) is 0 Å². The van der Waals surface area contributed by atoms with E-state index in [0.29, 0.717) is 5.56 Å². The Kier molecular flexibility index (Phi) is 9.71. The van der Waals surface area contributed by atoms with Gasteiger partial charge in [0.1, 0.15) is 18.4 Å². The molecule has 40 heavy (non-hydrogen) atoms. The lowest BCUT2D eigenvalue weighted by Gasteiger charge is -2.32. The molecule has 212 valence electrons. The Labute approximate surface area is 243 Å². The molecule has 0 bridgehead atoms. The highest BCUT2D eigenvalue weighted by atomic mass is 35.5. The van der Waals surface area contributed by atoms with E-state index >= 15 is 0 Å². The monoisotopic (exact) mass is 605 g/mol. The minimum absolute atomic E-state index is 0.0222. The van der Waals surface area contributed by atoms with E-state index in [9.17, 15) is 22.4 Å². The van der Waals surface area contributed by atoms with E-state index in [0.717, 1.165) is 30.0 Å². The lowest BCUT2D eigenvalue weighted by molar-refractivity contribution is -0.139. The van der Waals surface area contributed by atoms with Gasteiger partial charge in [-0.2, -0.15) is 0 Å². The molecule has 0 aromatic heterocycles. The molecule has 1 aliphatic carbocycles. The number of benzene rings is 3. The number of carbonyl (C=O) groups excluding carboxylic acids is 2. The summed E-state index contributed by atoms with van der Waals surface area (Å²) in [6.45, 7) is 0.956. The summed E-state index contributed by atoms with van der Waals surface area (Å²) >= 11 is 12.3. The fraction of sp³-hybridized carbons (Fsp3) is 0.310. The highest BCUT2D eigenvalue weighted by molar-refractivity contribution is 7.92. The molecule has 4 rings (SSSR count). The topological polar surface area (TPSA) is 86.8 Å². The van der Waals surface area contributed by atoms with E-state index in [-0.39, 0.29) is 39.1 Å². The molecule has 0 radical (unpaired) electrons. The van der Waals surface area contributed by atoms with Crippen molar-refractivity contribution in [3.05, 3.63) is 94.2 Å². The third-order valence-electron chi connectivity index (χ3n) is 6.94. The van der Waals surface area contributed by atoms with Crippen molar-refractivity contribution in [3.8, 4) is 0 Å². The molecule has 2 amide bonds. The number of nitrogens with one attached hydrogen (secondary N) is 1. The molecule has 1 fully saturated rings. The third-order valence-corrected chi connectivity index (χ3v) is 9.46. The number of nitrogens with zero attached hydrogens (tertiary/aromatic N) is 2. The summed E-state index contributed by atoms with van der Waals surface area (Å²) < 4.78 is 42.1. The van der Waals surface area contributed by atoms with E-state index in [2.05, 4.69) is 5.32 Å². The number of rotatable bonds is 10. The normalized spacial score (nSPS) is 14.5. The number of amides is 2. The maximum Gasteiger partial charge on any atom is 0.264 e. The summed E-state index contributed by atoms with van der Waals surface area (Å²) in [4.78, 5) is 28.4. The lowest BCUT2D eigenvalue weighted by Crippen LogP contribution is -2.52. The molecule has 11 heteroatoms. The number of halogens is 3. The highest BCUT2D eigenvalue weighted by Gasteiger charge is 2.33. The summed E-state index contributed by atoms with van der Waals surface area (Å²) in [5.74, 6) is -1.40. The average Bonchev–Trinajstić information content (AvgIpc) is 3.46. The molecule has 3 aromatic rings. The van der Waals surface area contributed by atoms with Crippen molar-refractivity contribution in [2.75, 3.05) is 10.8 Å². The van der Waals surface area contributed by atoms with E-state index in [1.807, 2.05) is 0 Å². The quantitative estimate of drug-likeness (QED) is 0.316. The van der Waals surface area contributed by atoms with Crippen molar-refractivity contribution in [2.24, 2.45) is 0 Å². The van der Waals surface area contributed by atoms with Gasteiger partial charge in [-0.1, -0.05) is 66.4 Å². The number of hydrogen-bond donors (Lipinski definition) is 1. The molecule has 1 unspecified atom stereocenters. The largest absolute Gasteiger partial charge is 0.352 e. The Morgan fingerprint density at radius 2 is 1.62 bits per heavy atom. The van der Waals surface area contributed by atoms with Crippen LogP contribution in [0.15, 0.2) is 77.7 Å². The van der Waals surface area contributed by atoms with Gasteiger partial charge in [-0.05, 0) is 67.8 Å². The van der Waals surface area contributed by atoms with E-state index in [1.165, 1.54) is 59.5 Å². The van der Waals surface area contributed by atoms with Crippen molar-refractivity contribution in [1.29, 1.82) is 0 Å². The average molecular weight is 607 g/mol. The van der Waals surface area contributed by atoms with Crippen LogP contribution in [0.1, 0.15) is 38.2 Å². The van der Waals surface area contributed by atoms with Gasteiger partial charge in [0.2, 0.25) is 11.8 Å². The Hall–Kier alpha value is -3.14. The van der Waals surface area contributed by atoms with Crippen molar-refractivity contribution < 1.29 is 22.4 Å². The maximum atomic E-state index is 13.9. The van der Waals surface area contributed by atoms with Crippen molar-refractivity contribution in [1.82, 2.24) is 10.2 Å². The zero-order valence-corrected chi connectivity index (χ0v) is 24.2. The minimum Gasteiger partial charge on any atom is -0.352 e. The van der Waals surface area contributed by atoms with E-state index in [1.54, 1.807) is 25.1 Å². The van der Waals surface area contributed by atoms with Gasteiger partial charge < -0.3 is 10.2 Å². The van der Waals surface area contributed by atoms with E-state index < -0.39 is 34.3 Å². The summed E-state index contributed by atoms with van der Waals surface area (Å²) in [6, 6.07) is 16.7. The molecule has 3 aromatic carbocycles. The van der Waals surface area contributed by atoms with Gasteiger partial charge in [0, 0.05) is 12.6 Å². The van der Waals surface area contributed by atoms with Crippen LogP contribution in [0.3, 0.4) is 0 Å². The first-order valence-corrected chi connectivity index (χ1v) is 15.1. The first-order chi connectivity index (χ1) is 19.1. The van der Waals surface area contributed by atoms with Crippen LogP contribution in [0.5, 0.6) is 0 Å². The second kappa shape index (κ2) is 13.0. The van der Waals surface area contributed by atoms with Crippen LogP contribution in [0.4, 0.5) is 10.1 Å². The van der Waals surface area contributed by atoms with Crippen molar-refractivity contribution >= 4 is 50.7 Å². The van der Waals surface area contributed by atoms with Crippen LogP contribution in [-0.2, 0) is 26.2 Å². The second-order valence-electron chi connectivity index (χ2n) is 9.74. The summed E-state index contributed by atoms with van der Waals surface area (Å²) in [7, 11) is -4.22. The molecule has 7 nitrogen and oxygen atoms in total. The Balaban J connectivity index is 1.69. The second-order valence-corrected chi connectivity index (χ2v) is 12.4. The molecule has 0 spiro atoms. The lowest BCUT2D eigenvalue weighted by atomic mass is 10.1. The summed E-state index contributed by atoms with van der Waals surface area (Å²) in [5, 5.41) is 3.35. The maximum absolute atomic E-state index is 13.9. The third kappa shape index (κ3) is 7.13. The van der Waals surface area contributed by atoms with Crippen LogP contribution in [0, 0.1) is 5.82 Å². The fourth-order valence-corrected chi connectivity index (χ4v) is 6.37. The number of hydrogen-bond acceptors (Lipinski definition) is 4. The molecule has 1 aliphatic rings. The van der Waals surface area contributed by atoms with Crippen molar-refractivity contribution in [2.45, 2.75) is 56.1 Å². The van der Waals surface area contributed by atoms with Crippen LogP contribution in [0.2, 0.25) is 10.0 Å². The molecule has 1 atom stereocenters. The molecule has 0 heterocycles. The number of sulfonamides is 1. The molecule has 1 N–H and O–H groups in total. The first-order valence-electron chi connectivity index (χ1n) is 12.9. The molecular formula is C29H30Cl2FN3O4S. The fourth-order valence-electron chi connectivity index (χ4n) is 4.65. The molecule has 0 aliphatic heterocycles. The predicted molar refractivity (Wildman–Crippen MR) is 154 cm³/mol. The van der Waals surface area contributed by atoms with Gasteiger partial charge >= 0.3 is 0 Å². The summed E-state index contributed by atoms with van der Waals surface area (Å²) in [6.07, 6.45) is 3.77. The molecular weight excluding hydrogens is 576 g/mol.